The molecule has 17 heavy (non-hydrogen) atoms. The largest absolute Gasteiger partial charge is 0.468 e. The Morgan fingerprint density at radius 1 is 1.47 bits per heavy atom. The molecule has 1 aliphatic carbocycles. The molecule has 1 aliphatic heterocycles. The lowest BCUT2D eigenvalue weighted by Gasteiger charge is -2.28. The zero-order chi connectivity index (χ0) is 12.8. The molecule has 3 atom stereocenters. The van der Waals surface area contributed by atoms with Crippen molar-refractivity contribution in [2.24, 2.45) is 22.7 Å². The van der Waals surface area contributed by atoms with E-state index in [0.29, 0.717) is 18.9 Å². The molecule has 2 fully saturated rings. The van der Waals surface area contributed by atoms with Gasteiger partial charge in [-0.3, -0.25) is 9.59 Å². The number of carbonyl (C=O) groups excluding carboxylic acids is 2. The number of rotatable bonds is 1. The van der Waals surface area contributed by atoms with Gasteiger partial charge in [0.15, 0.2) is 5.41 Å². The fraction of sp³-hybridized carbons (Fsp3) is 0.846. The van der Waals surface area contributed by atoms with Crippen LogP contribution in [-0.4, -0.2) is 25.7 Å². The first-order chi connectivity index (χ1) is 7.82. The van der Waals surface area contributed by atoms with Gasteiger partial charge in [-0.25, -0.2) is 0 Å². The molecule has 1 saturated heterocycles. The summed E-state index contributed by atoms with van der Waals surface area (Å²) in [7, 11) is 1.34. The van der Waals surface area contributed by atoms with Crippen molar-refractivity contribution in [2.75, 3.05) is 13.7 Å². The van der Waals surface area contributed by atoms with Crippen molar-refractivity contribution in [1.82, 2.24) is 0 Å². The van der Waals surface area contributed by atoms with Gasteiger partial charge in [0, 0.05) is 5.92 Å². The van der Waals surface area contributed by atoms with Crippen LogP contribution in [0.15, 0.2) is 0 Å². The highest BCUT2D eigenvalue weighted by Gasteiger charge is 2.64. The van der Waals surface area contributed by atoms with Crippen molar-refractivity contribution in [1.29, 1.82) is 0 Å². The van der Waals surface area contributed by atoms with E-state index in [0.717, 1.165) is 6.42 Å². The smallest absolute Gasteiger partial charge is 0.323 e. The van der Waals surface area contributed by atoms with E-state index in [9.17, 15) is 9.59 Å². The molecule has 0 radical (unpaired) electrons. The van der Waals surface area contributed by atoms with Crippen molar-refractivity contribution in [2.45, 2.75) is 33.6 Å². The first-order valence-corrected chi connectivity index (χ1v) is 6.08. The van der Waals surface area contributed by atoms with Crippen LogP contribution >= 0.6 is 0 Å². The average molecular weight is 240 g/mol. The number of methoxy groups -OCH3 is 1. The summed E-state index contributed by atoms with van der Waals surface area (Å²) in [4.78, 5) is 23.9. The van der Waals surface area contributed by atoms with Gasteiger partial charge in [0.05, 0.1) is 13.7 Å². The Balaban J connectivity index is 2.33. The van der Waals surface area contributed by atoms with Gasteiger partial charge in [0.25, 0.3) is 0 Å². The minimum absolute atomic E-state index is 0.00771. The third-order valence-electron chi connectivity index (χ3n) is 4.39. The highest BCUT2D eigenvalue weighted by molar-refractivity contribution is 6.02. The summed E-state index contributed by atoms with van der Waals surface area (Å²) in [6.45, 7) is 6.81. The molecule has 1 saturated carbocycles. The molecule has 96 valence electrons. The maximum absolute atomic E-state index is 12.0. The average Bonchev–Trinajstić information content (AvgIpc) is 2.76. The summed E-state index contributed by atoms with van der Waals surface area (Å²) in [5.74, 6) is -0.455. The second-order valence-corrected chi connectivity index (χ2v) is 6.26. The zero-order valence-corrected chi connectivity index (χ0v) is 10.9. The van der Waals surface area contributed by atoms with Gasteiger partial charge < -0.3 is 9.47 Å². The third kappa shape index (κ3) is 1.65. The lowest BCUT2D eigenvalue weighted by Crippen LogP contribution is -2.39. The molecule has 0 aromatic heterocycles. The van der Waals surface area contributed by atoms with Crippen LogP contribution in [0.25, 0.3) is 0 Å². The van der Waals surface area contributed by atoms with Crippen LogP contribution < -0.4 is 0 Å². The molecule has 4 heteroatoms. The predicted octanol–water partition coefficient (Wildman–Crippen LogP) is 1.77. The van der Waals surface area contributed by atoms with Gasteiger partial charge in [-0.1, -0.05) is 20.8 Å². The fourth-order valence-electron chi connectivity index (χ4n) is 3.12. The molecule has 0 aromatic rings. The number of esters is 2. The van der Waals surface area contributed by atoms with E-state index < -0.39 is 11.4 Å². The number of carbonyl (C=O) groups is 2. The molecule has 1 heterocycles. The molecule has 0 spiro atoms. The van der Waals surface area contributed by atoms with E-state index in [1.807, 2.05) is 0 Å². The van der Waals surface area contributed by atoms with Crippen LogP contribution in [0.4, 0.5) is 0 Å². The first kappa shape index (κ1) is 12.4. The molecule has 4 nitrogen and oxygen atoms in total. The van der Waals surface area contributed by atoms with Crippen LogP contribution in [0.1, 0.15) is 33.6 Å². The highest BCUT2D eigenvalue weighted by Crippen LogP contribution is 2.56. The summed E-state index contributed by atoms with van der Waals surface area (Å²) >= 11 is 0. The quantitative estimate of drug-likeness (QED) is 0.518. The minimum atomic E-state index is -1.02. The zero-order valence-electron chi connectivity index (χ0n) is 10.9. The molecule has 0 unspecified atom stereocenters. The summed E-state index contributed by atoms with van der Waals surface area (Å²) in [6, 6.07) is 0. The van der Waals surface area contributed by atoms with Crippen LogP contribution in [-0.2, 0) is 19.1 Å². The van der Waals surface area contributed by atoms with Gasteiger partial charge in [0.1, 0.15) is 0 Å². The van der Waals surface area contributed by atoms with Crippen molar-refractivity contribution < 1.29 is 19.1 Å². The number of fused-ring (bicyclic) bond motifs is 1. The van der Waals surface area contributed by atoms with Gasteiger partial charge in [0.2, 0.25) is 0 Å². The van der Waals surface area contributed by atoms with E-state index in [-0.39, 0.29) is 17.3 Å². The van der Waals surface area contributed by atoms with Gasteiger partial charge >= 0.3 is 11.9 Å². The molecular formula is C13H20O4. The molecule has 2 aliphatic rings. The van der Waals surface area contributed by atoms with Gasteiger partial charge in [-0.05, 0) is 24.2 Å². The summed E-state index contributed by atoms with van der Waals surface area (Å²) in [5, 5.41) is 0. The lowest BCUT2D eigenvalue weighted by atomic mass is 9.76. The Hall–Kier alpha value is -1.06. The van der Waals surface area contributed by atoms with Crippen LogP contribution in [0.5, 0.6) is 0 Å². The van der Waals surface area contributed by atoms with Crippen LogP contribution in [0.3, 0.4) is 0 Å². The Morgan fingerprint density at radius 3 is 2.65 bits per heavy atom. The highest BCUT2D eigenvalue weighted by atomic mass is 16.6. The maximum atomic E-state index is 12.0. The van der Waals surface area contributed by atoms with Crippen molar-refractivity contribution >= 4 is 11.9 Å². The Bertz CT molecular complexity index is 355. The third-order valence-corrected chi connectivity index (χ3v) is 4.39. The Kier molecular flexibility index (Phi) is 2.71. The molecule has 0 bridgehead atoms. The standard InChI is InChI=1S/C13H20O4/c1-12(2,3)8-5-9-7-17-11(15)13(9,6-8)10(14)16-4/h8-9H,5-7H2,1-4H3/t8-,9-,13+/m1/s1. The van der Waals surface area contributed by atoms with Gasteiger partial charge in [-0.15, -0.1) is 0 Å². The van der Waals surface area contributed by atoms with Crippen molar-refractivity contribution in [3.8, 4) is 0 Å². The first-order valence-electron chi connectivity index (χ1n) is 6.08. The SMILES string of the molecule is COC(=O)[C@]12C[C@H](C(C)(C)C)C[C@@H]1COC2=O. The monoisotopic (exact) mass is 240 g/mol. The summed E-state index contributed by atoms with van der Waals surface area (Å²) < 4.78 is 9.90. The van der Waals surface area contributed by atoms with Crippen molar-refractivity contribution in [3.05, 3.63) is 0 Å². The van der Waals surface area contributed by atoms with Crippen molar-refractivity contribution in [3.63, 3.8) is 0 Å². The van der Waals surface area contributed by atoms with E-state index in [2.05, 4.69) is 20.8 Å². The summed E-state index contributed by atoms with van der Waals surface area (Å²) in [6.07, 6.45) is 1.43. The number of hydrogen-bond acceptors (Lipinski definition) is 4. The topological polar surface area (TPSA) is 52.6 Å². The van der Waals surface area contributed by atoms with E-state index in [4.69, 9.17) is 9.47 Å². The predicted molar refractivity (Wildman–Crippen MR) is 61.1 cm³/mol. The van der Waals surface area contributed by atoms with Crippen LogP contribution in [0, 0.1) is 22.7 Å². The van der Waals surface area contributed by atoms with E-state index in [1.165, 1.54) is 7.11 Å². The number of ether oxygens (including phenoxy) is 2. The maximum Gasteiger partial charge on any atom is 0.323 e. The molecule has 2 rings (SSSR count). The second kappa shape index (κ2) is 3.72. The van der Waals surface area contributed by atoms with E-state index in [1.54, 1.807) is 0 Å². The number of cyclic esters (lactones) is 1. The fourth-order valence-corrected chi connectivity index (χ4v) is 3.12. The molecular weight excluding hydrogens is 220 g/mol. The summed E-state index contributed by atoms with van der Waals surface area (Å²) in [5.41, 5.74) is -0.918. The van der Waals surface area contributed by atoms with Crippen LogP contribution in [0.2, 0.25) is 0 Å². The Morgan fingerprint density at radius 2 is 2.12 bits per heavy atom. The minimum Gasteiger partial charge on any atom is -0.468 e. The molecule has 0 N–H and O–H groups in total. The lowest BCUT2D eigenvalue weighted by molar-refractivity contribution is -0.164. The number of hydrogen-bond donors (Lipinski definition) is 0. The van der Waals surface area contributed by atoms with Gasteiger partial charge in [-0.2, -0.15) is 0 Å². The second-order valence-electron chi connectivity index (χ2n) is 6.26. The Labute approximate surface area is 102 Å². The molecule has 0 amide bonds. The molecule has 0 aromatic carbocycles. The normalized spacial score (nSPS) is 36.6. The van der Waals surface area contributed by atoms with E-state index >= 15 is 0 Å².